The van der Waals surface area contributed by atoms with Crippen LogP contribution in [0.25, 0.3) is 32.7 Å². The number of rotatable bonds is 3. The van der Waals surface area contributed by atoms with Crippen LogP contribution in [0.3, 0.4) is 0 Å². The van der Waals surface area contributed by atoms with Gasteiger partial charge < -0.3 is 11.1 Å². The third kappa shape index (κ3) is 3.06. The van der Waals surface area contributed by atoms with Gasteiger partial charge in [0.05, 0.1) is 0 Å². The van der Waals surface area contributed by atoms with Crippen LogP contribution >= 0.6 is 0 Å². The van der Waals surface area contributed by atoms with Crippen LogP contribution in [0.1, 0.15) is 0 Å². The summed E-state index contributed by atoms with van der Waals surface area (Å²) >= 11 is 0. The van der Waals surface area contributed by atoms with Crippen molar-refractivity contribution in [3.05, 3.63) is 103 Å². The van der Waals surface area contributed by atoms with Crippen molar-refractivity contribution in [1.29, 1.82) is 0 Å². The Labute approximate surface area is 164 Å². The molecular weight excluding hydrogens is 340 g/mol. The van der Waals surface area contributed by atoms with E-state index in [2.05, 4.69) is 96.3 Å². The van der Waals surface area contributed by atoms with Crippen molar-refractivity contribution in [1.82, 2.24) is 0 Å². The van der Waals surface area contributed by atoms with Gasteiger partial charge in [-0.05, 0) is 63.5 Å². The Kier molecular flexibility index (Phi) is 3.95. The van der Waals surface area contributed by atoms with Crippen LogP contribution in [0.5, 0.6) is 0 Å². The fourth-order valence-corrected chi connectivity index (χ4v) is 3.69. The van der Waals surface area contributed by atoms with E-state index in [1.807, 2.05) is 12.1 Å². The molecule has 2 nitrogen and oxygen atoms in total. The van der Waals surface area contributed by atoms with Crippen LogP contribution in [0.15, 0.2) is 103 Å². The van der Waals surface area contributed by atoms with Gasteiger partial charge in [-0.3, -0.25) is 0 Å². The molecule has 5 aromatic carbocycles. The van der Waals surface area contributed by atoms with E-state index in [0.29, 0.717) is 0 Å². The smallest absolute Gasteiger partial charge is 0.0465 e. The van der Waals surface area contributed by atoms with Gasteiger partial charge in [0.25, 0.3) is 0 Å². The Morgan fingerprint density at radius 1 is 0.536 bits per heavy atom. The van der Waals surface area contributed by atoms with E-state index in [4.69, 9.17) is 5.73 Å². The first-order valence-electron chi connectivity index (χ1n) is 9.41. The average Bonchev–Trinajstić information content (AvgIpc) is 2.74. The lowest BCUT2D eigenvalue weighted by molar-refractivity contribution is 1.55. The van der Waals surface area contributed by atoms with Crippen LogP contribution in [0, 0.1) is 0 Å². The lowest BCUT2D eigenvalue weighted by atomic mass is 9.99. The molecule has 0 unspecified atom stereocenters. The normalized spacial score (nSPS) is 11.0. The molecular formula is C26H20N2. The molecule has 0 aliphatic heterocycles. The maximum atomic E-state index is 6.12. The van der Waals surface area contributed by atoms with Crippen molar-refractivity contribution in [3.63, 3.8) is 0 Å². The maximum absolute atomic E-state index is 6.12. The largest absolute Gasteiger partial charge is 0.399 e. The number of nitrogens with two attached hydrogens (primary N) is 1. The second-order valence-electron chi connectivity index (χ2n) is 7.05. The molecule has 0 amide bonds. The molecule has 3 N–H and O–H groups in total. The van der Waals surface area contributed by atoms with Gasteiger partial charge in [0.15, 0.2) is 0 Å². The Bertz CT molecular complexity index is 1300. The summed E-state index contributed by atoms with van der Waals surface area (Å²) in [6.07, 6.45) is 0. The van der Waals surface area contributed by atoms with Gasteiger partial charge in [-0.15, -0.1) is 0 Å². The molecule has 0 aromatic heterocycles. The van der Waals surface area contributed by atoms with E-state index in [1.54, 1.807) is 0 Å². The molecule has 0 saturated heterocycles. The molecule has 0 radical (unpaired) electrons. The lowest BCUT2D eigenvalue weighted by Crippen LogP contribution is -1.95. The minimum atomic E-state index is 0.757. The number of fused-ring (bicyclic) bond motifs is 2. The number of hydrogen-bond donors (Lipinski definition) is 2. The summed E-state index contributed by atoms with van der Waals surface area (Å²) in [7, 11) is 0. The van der Waals surface area contributed by atoms with E-state index >= 15 is 0 Å². The standard InChI is InChI=1S/C26H20N2/c27-23-12-14-26(28-24-13-11-19-6-2-4-8-21(19)16-24)25(17-23)22-10-9-18-5-1-3-7-20(18)15-22/h1-17,28H,27H2. The van der Waals surface area contributed by atoms with Crippen LogP contribution in [0.4, 0.5) is 17.1 Å². The summed E-state index contributed by atoms with van der Waals surface area (Å²) in [5, 5.41) is 8.49. The van der Waals surface area contributed by atoms with Gasteiger partial charge in [-0.25, -0.2) is 0 Å². The minimum Gasteiger partial charge on any atom is -0.399 e. The van der Waals surface area contributed by atoms with Gasteiger partial charge in [0, 0.05) is 22.6 Å². The third-order valence-corrected chi connectivity index (χ3v) is 5.13. The topological polar surface area (TPSA) is 38.0 Å². The lowest BCUT2D eigenvalue weighted by Gasteiger charge is -2.14. The molecule has 2 heteroatoms. The Balaban J connectivity index is 1.59. The fraction of sp³-hybridized carbons (Fsp3) is 0. The van der Waals surface area contributed by atoms with E-state index in [-0.39, 0.29) is 0 Å². The monoisotopic (exact) mass is 360 g/mol. The van der Waals surface area contributed by atoms with Gasteiger partial charge in [-0.1, -0.05) is 66.7 Å². The van der Waals surface area contributed by atoms with Crippen molar-refractivity contribution in [2.24, 2.45) is 0 Å². The quantitative estimate of drug-likeness (QED) is 0.340. The number of nitrogen functional groups attached to an aromatic ring is 1. The number of benzene rings is 5. The number of anilines is 3. The molecule has 28 heavy (non-hydrogen) atoms. The Hall–Kier alpha value is -3.78. The fourth-order valence-electron chi connectivity index (χ4n) is 3.69. The Morgan fingerprint density at radius 2 is 1.18 bits per heavy atom. The first kappa shape index (κ1) is 16.4. The highest BCUT2D eigenvalue weighted by atomic mass is 14.9. The van der Waals surface area contributed by atoms with E-state index < -0.39 is 0 Å². The van der Waals surface area contributed by atoms with Crippen molar-refractivity contribution in [3.8, 4) is 11.1 Å². The molecule has 0 aliphatic carbocycles. The molecule has 0 heterocycles. The minimum absolute atomic E-state index is 0.757. The first-order valence-corrected chi connectivity index (χ1v) is 9.41. The molecule has 5 aromatic rings. The van der Waals surface area contributed by atoms with Gasteiger partial charge in [-0.2, -0.15) is 0 Å². The summed E-state index contributed by atoms with van der Waals surface area (Å²) in [4.78, 5) is 0. The zero-order valence-corrected chi connectivity index (χ0v) is 15.4. The SMILES string of the molecule is Nc1ccc(Nc2ccc3ccccc3c2)c(-c2ccc3ccccc3c2)c1. The second-order valence-corrected chi connectivity index (χ2v) is 7.05. The van der Waals surface area contributed by atoms with E-state index in [1.165, 1.54) is 21.5 Å². The van der Waals surface area contributed by atoms with Crippen LogP contribution < -0.4 is 11.1 Å². The van der Waals surface area contributed by atoms with Crippen molar-refractivity contribution < 1.29 is 0 Å². The van der Waals surface area contributed by atoms with Crippen LogP contribution in [0.2, 0.25) is 0 Å². The van der Waals surface area contributed by atoms with Crippen molar-refractivity contribution in [2.75, 3.05) is 11.1 Å². The molecule has 0 spiro atoms. The summed E-state index contributed by atoms with van der Waals surface area (Å²) in [6, 6.07) is 35.8. The molecule has 0 fully saturated rings. The van der Waals surface area contributed by atoms with Crippen molar-refractivity contribution >= 4 is 38.6 Å². The number of nitrogens with one attached hydrogen (secondary N) is 1. The highest BCUT2D eigenvalue weighted by Gasteiger charge is 2.08. The van der Waals surface area contributed by atoms with Gasteiger partial charge in [0.2, 0.25) is 0 Å². The van der Waals surface area contributed by atoms with Gasteiger partial charge in [0.1, 0.15) is 0 Å². The van der Waals surface area contributed by atoms with Gasteiger partial charge >= 0.3 is 0 Å². The predicted octanol–water partition coefficient (Wildman–Crippen LogP) is 6.99. The van der Waals surface area contributed by atoms with Crippen LogP contribution in [-0.4, -0.2) is 0 Å². The van der Waals surface area contributed by atoms with Crippen molar-refractivity contribution in [2.45, 2.75) is 0 Å². The molecule has 0 atom stereocenters. The molecule has 134 valence electrons. The maximum Gasteiger partial charge on any atom is 0.0465 e. The second kappa shape index (κ2) is 6.75. The molecule has 0 aliphatic rings. The summed E-state index contributed by atoms with van der Waals surface area (Å²) in [5.74, 6) is 0. The zero-order chi connectivity index (χ0) is 18.9. The predicted molar refractivity (Wildman–Crippen MR) is 121 cm³/mol. The summed E-state index contributed by atoms with van der Waals surface area (Å²) in [5.41, 5.74) is 11.2. The molecule has 0 saturated carbocycles. The average molecular weight is 360 g/mol. The zero-order valence-electron chi connectivity index (χ0n) is 15.4. The first-order chi connectivity index (χ1) is 13.8. The highest BCUT2D eigenvalue weighted by molar-refractivity contribution is 5.92. The van der Waals surface area contributed by atoms with Crippen LogP contribution in [-0.2, 0) is 0 Å². The van der Waals surface area contributed by atoms with E-state index in [0.717, 1.165) is 28.2 Å². The Morgan fingerprint density at radius 3 is 1.93 bits per heavy atom. The highest BCUT2D eigenvalue weighted by Crippen LogP contribution is 2.34. The molecule has 5 rings (SSSR count). The summed E-state index contributed by atoms with van der Waals surface area (Å²) in [6.45, 7) is 0. The summed E-state index contributed by atoms with van der Waals surface area (Å²) < 4.78 is 0. The van der Waals surface area contributed by atoms with E-state index in [9.17, 15) is 0 Å². The third-order valence-electron chi connectivity index (χ3n) is 5.13. The number of hydrogen-bond acceptors (Lipinski definition) is 2. The molecule has 0 bridgehead atoms.